The van der Waals surface area contributed by atoms with E-state index in [9.17, 15) is 4.79 Å². The van der Waals surface area contributed by atoms with E-state index in [2.05, 4.69) is 20.2 Å². The summed E-state index contributed by atoms with van der Waals surface area (Å²) in [7, 11) is 0. The fourth-order valence-corrected chi connectivity index (χ4v) is 3.61. The van der Waals surface area contributed by atoms with Crippen LogP contribution in [0.1, 0.15) is 23.0 Å². The van der Waals surface area contributed by atoms with E-state index in [0.717, 1.165) is 27.7 Å². The van der Waals surface area contributed by atoms with Crippen LogP contribution in [0.3, 0.4) is 0 Å². The number of aromatic amines is 1. The topological polar surface area (TPSA) is 84.7 Å². The third kappa shape index (κ3) is 3.01. The van der Waals surface area contributed by atoms with Gasteiger partial charge in [0.25, 0.3) is 5.22 Å². The number of aromatic nitrogens is 4. The Labute approximate surface area is 154 Å². The lowest BCUT2D eigenvalue weighted by Gasteiger charge is -2.07. The van der Waals surface area contributed by atoms with Gasteiger partial charge in [0.2, 0.25) is 5.89 Å². The van der Waals surface area contributed by atoms with E-state index in [1.165, 1.54) is 11.8 Å². The number of nitrogens with zero attached hydrogens (tertiary/aromatic N) is 3. The lowest BCUT2D eigenvalue weighted by atomic mass is 10.1. The summed E-state index contributed by atoms with van der Waals surface area (Å²) >= 11 is 1.26. The first-order valence-electron chi connectivity index (χ1n) is 8.15. The molecule has 4 aromatic rings. The second-order valence-corrected chi connectivity index (χ2v) is 7.20. The number of thioether (sulfide) groups is 1. The van der Waals surface area contributed by atoms with Gasteiger partial charge in [-0.1, -0.05) is 30.0 Å². The van der Waals surface area contributed by atoms with Gasteiger partial charge in [0.05, 0.1) is 5.25 Å². The van der Waals surface area contributed by atoms with Crippen molar-refractivity contribution in [3.63, 3.8) is 0 Å². The minimum absolute atomic E-state index is 0.0358. The van der Waals surface area contributed by atoms with Crippen molar-refractivity contribution >= 4 is 28.4 Å². The number of aryl methyl sites for hydroxylation is 1. The van der Waals surface area contributed by atoms with Gasteiger partial charge in [0.1, 0.15) is 0 Å². The molecule has 0 unspecified atom stereocenters. The second-order valence-electron chi connectivity index (χ2n) is 5.90. The molecule has 130 valence electrons. The molecule has 26 heavy (non-hydrogen) atoms. The van der Waals surface area contributed by atoms with Gasteiger partial charge in [-0.25, -0.2) is 0 Å². The summed E-state index contributed by atoms with van der Waals surface area (Å²) in [5, 5.41) is 9.05. The highest BCUT2D eigenvalue weighted by atomic mass is 32.2. The third-order valence-electron chi connectivity index (χ3n) is 4.12. The molecule has 0 aliphatic rings. The maximum Gasteiger partial charge on any atom is 0.277 e. The van der Waals surface area contributed by atoms with Crippen LogP contribution in [-0.4, -0.2) is 31.2 Å². The zero-order valence-corrected chi connectivity index (χ0v) is 15.1. The lowest BCUT2D eigenvalue weighted by molar-refractivity contribution is 0.0994. The molecule has 0 amide bonds. The van der Waals surface area contributed by atoms with Crippen LogP contribution in [0.15, 0.2) is 58.4 Å². The SMILES string of the molecule is Cc1[nH]c2ccccc2c1C(=O)[C@H](C)Sc1nnc(-c2ccncc2)o1. The number of para-hydroxylation sites is 1. The third-order valence-corrected chi connectivity index (χ3v) is 5.05. The van der Waals surface area contributed by atoms with Crippen molar-refractivity contribution in [2.24, 2.45) is 0 Å². The number of ketones is 1. The van der Waals surface area contributed by atoms with E-state index in [-0.39, 0.29) is 11.0 Å². The molecule has 1 aromatic carbocycles. The number of benzene rings is 1. The van der Waals surface area contributed by atoms with Gasteiger partial charge in [-0.05, 0) is 32.0 Å². The minimum atomic E-state index is -0.348. The summed E-state index contributed by atoms with van der Waals surface area (Å²) in [6, 6.07) is 11.4. The van der Waals surface area contributed by atoms with Crippen molar-refractivity contribution in [2.75, 3.05) is 0 Å². The normalized spacial score (nSPS) is 12.4. The van der Waals surface area contributed by atoms with E-state index in [1.54, 1.807) is 24.5 Å². The van der Waals surface area contributed by atoms with E-state index >= 15 is 0 Å². The van der Waals surface area contributed by atoms with Crippen LogP contribution in [0.4, 0.5) is 0 Å². The monoisotopic (exact) mass is 364 g/mol. The summed E-state index contributed by atoms with van der Waals surface area (Å²) in [4.78, 5) is 20.2. The first kappa shape index (κ1) is 16.5. The summed E-state index contributed by atoms with van der Waals surface area (Å²) in [5.41, 5.74) is 3.34. The van der Waals surface area contributed by atoms with Crippen LogP contribution in [0.5, 0.6) is 0 Å². The number of carbonyl (C=O) groups is 1. The van der Waals surface area contributed by atoms with Crippen LogP contribution in [-0.2, 0) is 0 Å². The molecule has 0 aliphatic heterocycles. The van der Waals surface area contributed by atoms with Gasteiger partial charge in [-0.15, -0.1) is 10.2 Å². The summed E-state index contributed by atoms with van der Waals surface area (Å²) in [5.74, 6) is 0.450. The molecule has 6 nitrogen and oxygen atoms in total. The molecule has 0 radical (unpaired) electrons. The fourth-order valence-electron chi connectivity index (χ4n) is 2.87. The Hall–Kier alpha value is -2.93. The highest BCUT2D eigenvalue weighted by molar-refractivity contribution is 8.00. The van der Waals surface area contributed by atoms with Crippen molar-refractivity contribution in [2.45, 2.75) is 24.3 Å². The molecule has 3 heterocycles. The van der Waals surface area contributed by atoms with E-state index in [4.69, 9.17) is 4.42 Å². The Bertz CT molecular complexity index is 1070. The fraction of sp³-hybridized carbons (Fsp3) is 0.158. The van der Waals surface area contributed by atoms with Crippen molar-refractivity contribution in [1.82, 2.24) is 20.2 Å². The molecule has 4 rings (SSSR count). The Morgan fingerprint density at radius 1 is 1.15 bits per heavy atom. The average molecular weight is 364 g/mol. The number of hydrogen-bond acceptors (Lipinski definition) is 6. The van der Waals surface area contributed by atoms with Gasteiger partial charge < -0.3 is 9.40 Å². The lowest BCUT2D eigenvalue weighted by Crippen LogP contribution is -2.14. The molecule has 0 bridgehead atoms. The van der Waals surface area contributed by atoms with Crippen LogP contribution >= 0.6 is 11.8 Å². The first-order valence-corrected chi connectivity index (χ1v) is 9.03. The Morgan fingerprint density at radius 2 is 1.92 bits per heavy atom. The Kier molecular flexibility index (Phi) is 4.30. The maximum atomic E-state index is 13.0. The molecule has 0 aliphatic carbocycles. The molecule has 0 saturated carbocycles. The van der Waals surface area contributed by atoms with Crippen molar-refractivity contribution in [1.29, 1.82) is 0 Å². The minimum Gasteiger partial charge on any atom is -0.411 e. The average Bonchev–Trinajstić information content (AvgIpc) is 3.25. The summed E-state index contributed by atoms with van der Waals surface area (Å²) < 4.78 is 5.68. The number of fused-ring (bicyclic) bond motifs is 1. The smallest absolute Gasteiger partial charge is 0.277 e. The van der Waals surface area contributed by atoms with Gasteiger partial charge in [-0.2, -0.15) is 0 Å². The van der Waals surface area contributed by atoms with Gasteiger partial charge >= 0.3 is 0 Å². The van der Waals surface area contributed by atoms with Crippen LogP contribution in [0.25, 0.3) is 22.4 Å². The quantitative estimate of drug-likeness (QED) is 0.420. The van der Waals surface area contributed by atoms with Crippen molar-refractivity contribution in [3.8, 4) is 11.5 Å². The Morgan fingerprint density at radius 3 is 2.73 bits per heavy atom. The Balaban J connectivity index is 1.56. The molecule has 1 N–H and O–H groups in total. The van der Waals surface area contributed by atoms with E-state index < -0.39 is 0 Å². The number of carbonyl (C=O) groups excluding carboxylic acids is 1. The molecule has 0 fully saturated rings. The molecule has 0 saturated heterocycles. The van der Waals surface area contributed by atoms with Gasteiger partial charge in [0.15, 0.2) is 5.78 Å². The largest absolute Gasteiger partial charge is 0.411 e. The number of hydrogen-bond donors (Lipinski definition) is 1. The predicted octanol–water partition coefficient (Wildman–Crippen LogP) is 4.28. The van der Waals surface area contributed by atoms with E-state index in [0.29, 0.717) is 11.1 Å². The highest BCUT2D eigenvalue weighted by Gasteiger charge is 2.24. The van der Waals surface area contributed by atoms with E-state index in [1.807, 2.05) is 38.1 Å². The number of H-pyrrole nitrogens is 1. The van der Waals surface area contributed by atoms with Crippen LogP contribution < -0.4 is 0 Å². The molecular formula is C19H16N4O2S. The molecule has 1 atom stereocenters. The van der Waals surface area contributed by atoms with Gasteiger partial charge in [0, 0.05) is 40.1 Å². The highest BCUT2D eigenvalue weighted by Crippen LogP contribution is 2.30. The second kappa shape index (κ2) is 6.76. The van der Waals surface area contributed by atoms with Crippen LogP contribution in [0.2, 0.25) is 0 Å². The maximum absolute atomic E-state index is 13.0. The summed E-state index contributed by atoms with van der Waals surface area (Å²) in [6.45, 7) is 3.77. The molecule has 7 heteroatoms. The van der Waals surface area contributed by atoms with Crippen molar-refractivity contribution in [3.05, 3.63) is 60.0 Å². The predicted molar refractivity (Wildman–Crippen MR) is 100 cm³/mol. The molecule has 3 aromatic heterocycles. The zero-order chi connectivity index (χ0) is 18.1. The number of Topliss-reactive ketones (excluding diaryl/α,β-unsaturated/α-hetero) is 1. The molecule has 0 spiro atoms. The standard InChI is InChI=1S/C19H16N4O2S/c1-11-16(14-5-3-4-6-15(14)21-11)17(24)12(2)26-19-23-22-18(25-19)13-7-9-20-10-8-13/h3-10,12,21H,1-2H3/t12-/m0/s1. The first-order chi connectivity index (χ1) is 12.6. The number of nitrogens with one attached hydrogen (secondary N) is 1. The number of rotatable bonds is 5. The van der Waals surface area contributed by atoms with Crippen molar-refractivity contribution < 1.29 is 9.21 Å². The zero-order valence-electron chi connectivity index (χ0n) is 14.3. The van der Waals surface area contributed by atoms with Gasteiger partial charge in [-0.3, -0.25) is 9.78 Å². The van der Waals surface area contributed by atoms with Crippen LogP contribution in [0, 0.1) is 6.92 Å². The number of pyridine rings is 1. The molecular weight excluding hydrogens is 348 g/mol. The summed E-state index contributed by atoms with van der Waals surface area (Å²) in [6.07, 6.45) is 3.33.